The second-order valence-electron chi connectivity index (χ2n) is 20.7. The number of esters is 2. The molecule has 2 aliphatic rings. The van der Waals surface area contributed by atoms with Crippen LogP contribution in [0.2, 0.25) is 0 Å². The third-order valence-electron chi connectivity index (χ3n) is 16.1. The number of carbonyl (C=O) groups is 2. The van der Waals surface area contributed by atoms with E-state index in [-0.39, 0.29) is 24.0 Å². The highest BCUT2D eigenvalue weighted by Gasteiger charge is 2.45. The zero-order chi connectivity index (χ0) is 57.3. The second-order valence-corrected chi connectivity index (χ2v) is 20.7. The summed E-state index contributed by atoms with van der Waals surface area (Å²) in [6, 6.07) is 12.0. The molecule has 2 heterocycles. The molecule has 436 valence electrons. The summed E-state index contributed by atoms with van der Waals surface area (Å²) in [5, 5.41) is 0. The lowest BCUT2D eigenvalue weighted by Crippen LogP contribution is -2.52. The van der Waals surface area contributed by atoms with E-state index < -0.39 is 0 Å². The normalized spacial score (nSPS) is 18.3. The van der Waals surface area contributed by atoms with E-state index in [1.807, 2.05) is 24.3 Å². The predicted molar refractivity (Wildman–Crippen MR) is 300 cm³/mol. The van der Waals surface area contributed by atoms with Gasteiger partial charge in [0.25, 0.3) is 0 Å². The number of nitrogens with zero attached hydrogens (tertiary/aromatic N) is 2. The van der Waals surface area contributed by atoms with E-state index in [1.54, 1.807) is 85.3 Å². The van der Waals surface area contributed by atoms with Gasteiger partial charge in [-0.1, -0.05) is 19.3 Å². The molecule has 4 aromatic rings. The van der Waals surface area contributed by atoms with E-state index in [4.69, 9.17) is 66.3 Å². The molecule has 0 radical (unpaired) electrons. The Balaban J connectivity index is 0.962. The Kier molecular flexibility index (Phi) is 22.6. The number of hydrogen-bond donors (Lipinski definition) is 0. The molecule has 79 heavy (non-hydrogen) atoms. The van der Waals surface area contributed by atoms with Gasteiger partial charge in [0.15, 0.2) is 46.0 Å². The number of quaternary nitrogens is 2. The van der Waals surface area contributed by atoms with Crippen LogP contribution in [-0.4, -0.2) is 160 Å². The van der Waals surface area contributed by atoms with Crippen molar-refractivity contribution in [2.45, 2.75) is 95.6 Å². The Morgan fingerprint density at radius 2 is 0.696 bits per heavy atom. The summed E-state index contributed by atoms with van der Waals surface area (Å²) >= 11 is 0. The van der Waals surface area contributed by atoms with Crippen LogP contribution in [-0.2, 0) is 44.7 Å². The second kappa shape index (κ2) is 29.0. The molecule has 0 aliphatic carbocycles. The van der Waals surface area contributed by atoms with Crippen molar-refractivity contribution in [2.24, 2.45) is 0 Å². The minimum atomic E-state index is -0.195. The van der Waals surface area contributed by atoms with Crippen LogP contribution in [0.4, 0.5) is 0 Å². The van der Waals surface area contributed by atoms with Crippen molar-refractivity contribution < 1.29 is 84.9 Å². The molecule has 18 nitrogen and oxygen atoms in total. The molecule has 0 N–H and O–H groups in total. The average Bonchev–Trinajstić information content (AvgIpc) is 3.53. The first kappa shape index (κ1) is 61.6. The predicted octanol–water partition coefficient (Wildman–Crippen LogP) is 9.66. The molecular weight excluding hydrogens is 1020 g/mol. The number of hydrogen-bond acceptors (Lipinski definition) is 16. The molecule has 0 aromatic heterocycles. The summed E-state index contributed by atoms with van der Waals surface area (Å²) in [6.07, 6.45) is 9.05. The number of methoxy groups -OCH3 is 12. The number of ether oxygens (including phenoxy) is 14. The molecule has 0 bridgehead atoms. The maximum Gasteiger partial charge on any atom is 0.305 e. The minimum absolute atomic E-state index is 0.0585. The zero-order valence-corrected chi connectivity index (χ0v) is 49.5. The van der Waals surface area contributed by atoms with E-state index in [0.29, 0.717) is 130 Å². The molecule has 0 saturated carbocycles. The fourth-order valence-electron chi connectivity index (χ4n) is 11.9. The Morgan fingerprint density at radius 3 is 1.00 bits per heavy atom. The van der Waals surface area contributed by atoms with Crippen LogP contribution >= 0.6 is 0 Å². The third-order valence-corrected chi connectivity index (χ3v) is 16.1. The van der Waals surface area contributed by atoms with Crippen molar-refractivity contribution in [1.82, 2.24) is 0 Å². The van der Waals surface area contributed by atoms with Crippen LogP contribution in [0.5, 0.6) is 69.0 Å². The first-order chi connectivity index (χ1) is 38.2. The topological polar surface area (TPSA) is 163 Å². The highest BCUT2D eigenvalue weighted by atomic mass is 16.6. The van der Waals surface area contributed by atoms with Crippen molar-refractivity contribution in [2.75, 3.05) is 139 Å². The largest absolute Gasteiger partial charge is 0.493 e. The van der Waals surface area contributed by atoms with Crippen molar-refractivity contribution in [3.05, 3.63) is 69.8 Å². The fraction of sp³-hybridized carbons (Fsp3) is 0.574. The summed E-state index contributed by atoms with van der Waals surface area (Å²) in [5.41, 5.74) is 6.43. The minimum Gasteiger partial charge on any atom is -0.493 e. The van der Waals surface area contributed by atoms with Gasteiger partial charge in [0.2, 0.25) is 23.0 Å². The highest BCUT2D eigenvalue weighted by Crippen LogP contribution is 2.53. The van der Waals surface area contributed by atoms with Crippen LogP contribution in [0, 0.1) is 0 Å². The SMILES string of the molecule is COc1cc(CC2c3c(cc(OC)c(OC)c3OC)CC[N+]2(C)CCCOC(=O)CCCCCCCC(=O)OCCC[N@+]2(C)CCc3cc(OC)c(OC)c(OC)c3[C@H]2Cc2cc(OC)c(OC)c(OC)c2)cc(OC)c1OC. The smallest absolute Gasteiger partial charge is 0.305 e. The number of unbranched alkanes of at least 4 members (excludes halogenated alkanes) is 4. The van der Waals surface area contributed by atoms with Gasteiger partial charge in [-0.25, -0.2) is 0 Å². The maximum atomic E-state index is 13.0. The van der Waals surface area contributed by atoms with Crippen molar-refractivity contribution in [3.8, 4) is 69.0 Å². The van der Waals surface area contributed by atoms with Gasteiger partial charge in [-0.3, -0.25) is 9.59 Å². The quantitative estimate of drug-likeness (QED) is 0.0258. The van der Waals surface area contributed by atoms with Crippen LogP contribution in [0.1, 0.15) is 103 Å². The van der Waals surface area contributed by atoms with E-state index in [0.717, 1.165) is 105 Å². The number of rotatable bonds is 32. The Bertz CT molecular complexity index is 2450. The molecule has 6 rings (SSSR count). The number of carbonyl (C=O) groups excluding carboxylic acids is 2. The standard InChI is InChI=1S/C61H88N2O16/c1-62(28-24-42-38-50(70-7)58(74-11)60(76-13)54(42)44(62)32-40-34-46(66-3)56(72-9)47(35-40)67-4)26-20-30-78-52(64)22-18-16-15-17-19-23-53(65)79-31-21-27-63(2)29-25-43-39-51(71-8)59(75-12)61(77-14)55(43)45(63)33-41-36-48(68-5)57(73-10)49(37-41)69-6/h34-39,44-45H,15-33H2,1-14H3/q+2/t44-,45?,62-,63?/m1/s1. The van der Waals surface area contributed by atoms with Gasteiger partial charge in [-0.15, -0.1) is 0 Å². The van der Waals surface area contributed by atoms with E-state index in [1.165, 1.54) is 0 Å². The maximum absolute atomic E-state index is 13.0. The van der Waals surface area contributed by atoms with E-state index >= 15 is 0 Å². The number of fused-ring (bicyclic) bond motifs is 2. The third kappa shape index (κ3) is 14.2. The van der Waals surface area contributed by atoms with E-state index in [2.05, 4.69) is 26.2 Å². The highest BCUT2D eigenvalue weighted by molar-refractivity contribution is 5.69. The van der Waals surface area contributed by atoms with Gasteiger partial charge in [-0.05, 0) is 71.5 Å². The van der Waals surface area contributed by atoms with Gasteiger partial charge in [-0.2, -0.15) is 0 Å². The van der Waals surface area contributed by atoms with Crippen LogP contribution in [0.25, 0.3) is 0 Å². The molecule has 0 spiro atoms. The summed E-state index contributed by atoms with van der Waals surface area (Å²) in [4.78, 5) is 25.9. The molecule has 2 aliphatic heterocycles. The van der Waals surface area contributed by atoms with Crippen LogP contribution < -0.4 is 56.8 Å². The first-order valence-corrected chi connectivity index (χ1v) is 27.4. The summed E-state index contributed by atoms with van der Waals surface area (Å²) < 4.78 is 82.6. The molecule has 0 fully saturated rings. The summed E-state index contributed by atoms with van der Waals surface area (Å²) in [5.74, 6) is 6.66. The molecule has 4 atom stereocenters. The fourth-order valence-corrected chi connectivity index (χ4v) is 11.9. The average molecular weight is 1110 g/mol. The van der Waals surface area contributed by atoms with Crippen molar-refractivity contribution in [3.63, 3.8) is 0 Å². The lowest BCUT2D eigenvalue weighted by molar-refractivity contribution is -0.941. The molecule has 18 heteroatoms. The molecule has 4 aromatic carbocycles. The van der Waals surface area contributed by atoms with Gasteiger partial charge >= 0.3 is 11.9 Å². The van der Waals surface area contributed by atoms with E-state index in [9.17, 15) is 9.59 Å². The monoisotopic (exact) mass is 1100 g/mol. The van der Waals surface area contributed by atoms with Crippen LogP contribution in [0.3, 0.4) is 0 Å². The van der Waals surface area contributed by atoms with Crippen molar-refractivity contribution in [1.29, 1.82) is 0 Å². The lowest BCUT2D eigenvalue weighted by atomic mass is 9.85. The number of benzene rings is 4. The molecule has 0 amide bonds. The Labute approximate surface area is 468 Å². The van der Waals surface area contributed by atoms with Gasteiger partial charge in [0, 0.05) is 51.4 Å². The van der Waals surface area contributed by atoms with Crippen molar-refractivity contribution >= 4 is 11.9 Å². The van der Waals surface area contributed by atoms with Gasteiger partial charge in [0.1, 0.15) is 12.1 Å². The van der Waals surface area contributed by atoms with Gasteiger partial charge in [0.05, 0.1) is 150 Å². The zero-order valence-electron chi connectivity index (χ0n) is 49.5. The first-order valence-electron chi connectivity index (χ1n) is 27.4. The summed E-state index contributed by atoms with van der Waals surface area (Å²) in [6.45, 7) is 3.87. The lowest BCUT2D eigenvalue weighted by Gasteiger charge is -2.46. The number of likely N-dealkylation sites (N-methyl/N-ethyl adjacent to an activating group) is 2. The Hall–Kier alpha value is -6.66. The van der Waals surface area contributed by atoms with Crippen LogP contribution in [0.15, 0.2) is 36.4 Å². The molecule has 2 unspecified atom stereocenters. The molecular formula is C61H88N2O16+2. The van der Waals surface area contributed by atoms with Gasteiger partial charge < -0.3 is 75.3 Å². The molecule has 0 saturated heterocycles. The Morgan fingerprint density at radius 1 is 0.392 bits per heavy atom. The summed E-state index contributed by atoms with van der Waals surface area (Å²) in [7, 11) is 24.0.